The smallest absolute Gasteiger partial charge is 0.130 e. The van der Waals surface area contributed by atoms with Crippen LogP contribution in [0.15, 0.2) is 18.2 Å². The van der Waals surface area contributed by atoms with Crippen molar-refractivity contribution in [1.82, 2.24) is 0 Å². The molecule has 15 heavy (non-hydrogen) atoms. The first kappa shape index (κ1) is 12.4. The molecule has 0 saturated carbocycles. The van der Waals surface area contributed by atoms with Gasteiger partial charge in [-0.3, -0.25) is 0 Å². The second-order valence-electron chi connectivity index (χ2n) is 3.90. The van der Waals surface area contributed by atoms with Crippen LogP contribution in [0.4, 0.5) is 4.39 Å². The largest absolute Gasteiger partial charge is 0.304 e. The van der Waals surface area contributed by atoms with E-state index in [-0.39, 0.29) is 0 Å². The molecule has 0 aliphatic rings. The molecule has 0 atom stereocenters. The standard InChI is InChI=1S/C11H15ClFNO/c1-11(2,13)9-4-3-8(5-6-15-14)10(12)7-9/h3-4,7H,5-6,14H2,1-2H3. The molecule has 4 heteroatoms. The van der Waals surface area contributed by atoms with Crippen molar-refractivity contribution >= 4 is 11.6 Å². The number of hydrogen-bond donors (Lipinski definition) is 1. The highest BCUT2D eigenvalue weighted by Gasteiger charge is 2.19. The molecule has 2 N–H and O–H groups in total. The van der Waals surface area contributed by atoms with E-state index in [0.717, 1.165) is 5.56 Å². The van der Waals surface area contributed by atoms with E-state index in [9.17, 15) is 4.39 Å². The third-order valence-electron chi connectivity index (χ3n) is 2.23. The molecule has 0 radical (unpaired) electrons. The summed E-state index contributed by atoms with van der Waals surface area (Å²) in [4.78, 5) is 4.47. The zero-order valence-corrected chi connectivity index (χ0v) is 9.64. The molecule has 0 aromatic heterocycles. The summed E-state index contributed by atoms with van der Waals surface area (Å²) in [5, 5.41) is 0.551. The Hall–Kier alpha value is -0.640. The van der Waals surface area contributed by atoms with Crippen LogP contribution < -0.4 is 5.90 Å². The number of hydrogen-bond acceptors (Lipinski definition) is 2. The second kappa shape index (κ2) is 4.92. The van der Waals surface area contributed by atoms with Gasteiger partial charge in [0.05, 0.1) is 6.61 Å². The average molecular weight is 232 g/mol. The first-order chi connectivity index (χ1) is 6.95. The lowest BCUT2D eigenvalue weighted by atomic mass is 9.98. The minimum atomic E-state index is -1.37. The van der Waals surface area contributed by atoms with Gasteiger partial charge in [-0.2, -0.15) is 0 Å². The molecule has 0 bridgehead atoms. The van der Waals surface area contributed by atoms with E-state index in [1.54, 1.807) is 18.2 Å². The van der Waals surface area contributed by atoms with Crippen molar-refractivity contribution in [1.29, 1.82) is 0 Å². The minimum absolute atomic E-state index is 0.401. The number of benzene rings is 1. The minimum Gasteiger partial charge on any atom is -0.304 e. The Morgan fingerprint density at radius 3 is 2.60 bits per heavy atom. The Morgan fingerprint density at radius 2 is 2.13 bits per heavy atom. The molecule has 2 nitrogen and oxygen atoms in total. The monoisotopic (exact) mass is 231 g/mol. The second-order valence-corrected chi connectivity index (χ2v) is 4.31. The lowest BCUT2D eigenvalue weighted by Crippen LogP contribution is -2.10. The quantitative estimate of drug-likeness (QED) is 0.809. The molecule has 0 aliphatic heterocycles. The summed E-state index contributed by atoms with van der Waals surface area (Å²) in [6.45, 7) is 3.40. The van der Waals surface area contributed by atoms with Gasteiger partial charge in [-0.25, -0.2) is 10.3 Å². The van der Waals surface area contributed by atoms with Crippen molar-refractivity contribution in [3.8, 4) is 0 Å². The Morgan fingerprint density at radius 1 is 1.47 bits per heavy atom. The van der Waals surface area contributed by atoms with Crippen LogP contribution in [0.3, 0.4) is 0 Å². The molecule has 0 aliphatic carbocycles. The van der Waals surface area contributed by atoms with Crippen molar-refractivity contribution < 1.29 is 9.23 Å². The normalized spacial score (nSPS) is 11.8. The first-order valence-electron chi connectivity index (χ1n) is 4.74. The molecule has 0 unspecified atom stereocenters. The fraction of sp³-hybridized carbons (Fsp3) is 0.455. The molecule has 1 rings (SSSR count). The highest BCUT2D eigenvalue weighted by molar-refractivity contribution is 6.31. The van der Waals surface area contributed by atoms with Crippen LogP contribution >= 0.6 is 11.6 Å². The van der Waals surface area contributed by atoms with E-state index < -0.39 is 5.67 Å². The van der Waals surface area contributed by atoms with Crippen LogP contribution in [0.5, 0.6) is 0 Å². The summed E-state index contributed by atoms with van der Waals surface area (Å²) in [6.07, 6.45) is 0.627. The van der Waals surface area contributed by atoms with E-state index in [2.05, 4.69) is 4.84 Å². The lowest BCUT2D eigenvalue weighted by Gasteiger charge is -2.16. The molecule has 0 amide bonds. The predicted octanol–water partition coefficient (Wildman–Crippen LogP) is 2.98. The van der Waals surface area contributed by atoms with Crippen molar-refractivity contribution in [2.75, 3.05) is 6.61 Å². The fourth-order valence-electron chi connectivity index (χ4n) is 1.29. The summed E-state index contributed by atoms with van der Waals surface area (Å²) in [7, 11) is 0. The molecule has 84 valence electrons. The van der Waals surface area contributed by atoms with Crippen LogP contribution in [0, 0.1) is 0 Å². The summed E-state index contributed by atoms with van der Waals surface area (Å²) >= 11 is 6.01. The topological polar surface area (TPSA) is 35.2 Å². The zero-order chi connectivity index (χ0) is 11.5. The van der Waals surface area contributed by atoms with Gasteiger partial charge < -0.3 is 4.84 Å². The van der Waals surface area contributed by atoms with Gasteiger partial charge in [0.15, 0.2) is 0 Å². The zero-order valence-electron chi connectivity index (χ0n) is 8.89. The van der Waals surface area contributed by atoms with Gasteiger partial charge in [0.25, 0.3) is 0 Å². The van der Waals surface area contributed by atoms with E-state index in [0.29, 0.717) is 23.6 Å². The van der Waals surface area contributed by atoms with E-state index in [4.69, 9.17) is 17.5 Å². The summed E-state index contributed by atoms with van der Waals surface area (Å²) < 4.78 is 13.6. The van der Waals surface area contributed by atoms with Gasteiger partial charge in [0.2, 0.25) is 0 Å². The Balaban J connectivity index is 2.88. The molecular formula is C11H15ClFNO. The van der Waals surface area contributed by atoms with Crippen molar-refractivity contribution in [3.05, 3.63) is 34.3 Å². The number of rotatable bonds is 4. The summed E-state index contributed by atoms with van der Waals surface area (Å²) in [5.74, 6) is 4.92. The number of halogens is 2. The van der Waals surface area contributed by atoms with Crippen LogP contribution in [0.2, 0.25) is 5.02 Å². The SMILES string of the molecule is CC(C)(F)c1ccc(CCON)c(Cl)c1. The molecule has 0 saturated heterocycles. The maximum absolute atomic E-state index is 13.6. The molecular weight excluding hydrogens is 217 g/mol. The molecule has 0 fully saturated rings. The summed E-state index contributed by atoms with van der Waals surface area (Å²) in [6, 6.07) is 5.18. The van der Waals surface area contributed by atoms with Crippen LogP contribution in [0.25, 0.3) is 0 Å². The molecule has 0 spiro atoms. The van der Waals surface area contributed by atoms with E-state index in [1.807, 2.05) is 0 Å². The maximum Gasteiger partial charge on any atom is 0.130 e. The third-order valence-corrected chi connectivity index (χ3v) is 2.58. The molecule has 0 heterocycles. The van der Waals surface area contributed by atoms with E-state index in [1.165, 1.54) is 13.8 Å². The lowest BCUT2D eigenvalue weighted by molar-refractivity contribution is 0.141. The van der Waals surface area contributed by atoms with Crippen LogP contribution in [-0.2, 0) is 16.9 Å². The van der Waals surface area contributed by atoms with Crippen molar-refractivity contribution in [3.63, 3.8) is 0 Å². The van der Waals surface area contributed by atoms with Crippen LogP contribution in [0.1, 0.15) is 25.0 Å². The third kappa shape index (κ3) is 3.45. The Bertz CT molecular complexity index is 336. The average Bonchev–Trinajstić information content (AvgIpc) is 2.14. The maximum atomic E-state index is 13.6. The van der Waals surface area contributed by atoms with Gasteiger partial charge in [0.1, 0.15) is 5.67 Å². The van der Waals surface area contributed by atoms with E-state index >= 15 is 0 Å². The van der Waals surface area contributed by atoms with Gasteiger partial charge in [-0.05, 0) is 37.5 Å². The van der Waals surface area contributed by atoms with Gasteiger partial charge in [-0.15, -0.1) is 0 Å². The highest BCUT2D eigenvalue weighted by Crippen LogP contribution is 2.28. The first-order valence-corrected chi connectivity index (χ1v) is 5.12. The van der Waals surface area contributed by atoms with Gasteiger partial charge in [-0.1, -0.05) is 23.7 Å². The fourth-order valence-corrected chi connectivity index (χ4v) is 1.56. The predicted molar refractivity (Wildman–Crippen MR) is 59.4 cm³/mol. The van der Waals surface area contributed by atoms with Gasteiger partial charge >= 0.3 is 0 Å². The van der Waals surface area contributed by atoms with Crippen LogP contribution in [-0.4, -0.2) is 6.61 Å². The van der Waals surface area contributed by atoms with Crippen molar-refractivity contribution in [2.24, 2.45) is 5.90 Å². The van der Waals surface area contributed by atoms with Gasteiger partial charge in [0, 0.05) is 5.02 Å². The molecule has 1 aromatic rings. The Kier molecular flexibility index (Phi) is 4.08. The number of nitrogens with two attached hydrogens (primary N) is 1. The summed E-state index contributed by atoms with van der Waals surface area (Å²) in [5.41, 5.74) is 0.118. The number of alkyl halides is 1. The highest BCUT2D eigenvalue weighted by atomic mass is 35.5. The van der Waals surface area contributed by atoms with Crippen molar-refractivity contribution in [2.45, 2.75) is 25.9 Å². The Labute approximate surface area is 94.1 Å². The molecule has 1 aromatic carbocycles.